The Labute approximate surface area is 294 Å². The van der Waals surface area contributed by atoms with Crippen molar-refractivity contribution in [3.63, 3.8) is 0 Å². The number of urea groups is 1. The predicted octanol–water partition coefficient (Wildman–Crippen LogP) is 3.45. The van der Waals surface area contributed by atoms with E-state index in [4.69, 9.17) is 9.84 Å². The third kappa shape index (κ3) is 8.65. The summed E-state index contributed by atoms with van der Waals surface area (Å²) < 4.78 is 6.49. The van der Waals surface area contributed by atoms with Crippen molar-refractivity contribution in [2.45, 2.75) is 56.7 Å². The number of nitrogens with zero attached hydrogens (tertiary/aromatic N) is 5. The Kier molecular flexibility index (Phi) is 11.3. The summed E-state index contributed by atoms with van der Waals surface area (Å²) in [7, 11) is 0. The number of rotatable bonds is 8. The number of para-hydroxylation sites is 1. The molecule has 4 aliphatic rings. The number of carboxylic acids is 1. The Hall–Kier alpha value is -3.88. The van der Waals surface area contributed by atoms with Crippen molar-refractivity contribution in [3.8, 4) is 5.75 Å². The maximum Gasteiger partial charge on any atom is 0.410 e. The van der Waals surface area contributed by atoms with E-state index in [1.54, 1.807) is 28.0 Å². The van der Waals surface area contributed by atoms with Crippen molar-refractivity contribution >= 4 is 45.6 Å². The van der Waals surface area contributed by atoms with Crippen LogP contribution in [0.5, 0.6) is 5.75 Å². The summed E-state index contributed by atoms with van der Waals surface area (Å²) >= 11 is 3.35. The molecule has 3 N–H and O–H groups in total. The molecule has 0 radical (unpaired) electrons. The number of halogens is 1. The van der Waals surface area contributed by atoms with Crippen LogP contribution >= 0.6 is 15.9 Å². The Bertz CT molecular complexity index is 1520. The van der Waals surface area contributed by atoms with Crippen molar-refractivity contribution in [3.05, 3.63) is 58.1 Å². The second-order valence-corrected chi connectivity index (χ2v) is 14.2. The van der Waals surface area contributed by atoms with Crippen molar-refractivity contribution in [1.29, 1.82) is 0 Å². The number of hydrogen-bond acceptors (Lipinski definition) is 8. The van der Waals surface area contributed by atoms with Crippen LogP contribution in [0.2, 0.25) is 0 Å². The first-order valence-corrected chi connectivity index (χ1v) is 18.0. The lowest BCUT2D eigenvalue weighted by Gasteiger charge is -2.43. The number of amides is 4. The van der Waals surface area contributed by atoms with E-state index in [2.05, 4.69) is 26.1 Å². The number of nitrogens with one attached hydrogen (secondary N) is 1. The number of ether oxygens (including phenoxy) is 1. The van der Waals surface area contributed by atoms with Crippen molar-refractivity contribution in [2.75, 3.05) is 70.8 Å². The second kappa shape index (κ2) is 15.8. The van der Waals surface area contributed by atoms with Crippen molar-refractivity contribution in [2.24, 2.45) is 0 Å². The van der Waals surface area contributed by atoms with Crippen LogP contribution in [0.15, 0.2) is 46.9 Å². The van der Waals surface area contributed by atoms with Gasteiger partial charge in [-0.2, -0.15) is 0 Å². The van der Waals surface area contributed by atoms with Gasteiger partial charge in [0.2, 0.25) is 0 Å². The summed E-state index contributed by atoms with van der Waals surface area (Å²) in [6.45, 7) is 5.59. The van der Waals surface area contributed by atoms with Crippen LogP contribution in [0.25, 0.3) is 0 Å². The summed E-state index contributed by atoms with van der Waals surface area (Å²) in [4.78, 5) is 61.3. The lowest BCUT2D eigenvalue weighted by molar-refractivity contribution is -0.142. The zero-order valence-corrected chi connectivity index (χ0v) is 29.2. The average molecular weight is 742 g/mol. The molecule has 2 aromatic rings. The van der Waals surface area contributed by atoms with Gasteiger partial charge in [0, 0.05) is 83.1 Å². The number of carbonyl (C=O) groups excluding carboxylic acids is 3. The Morgan fingerprint density at radius 2 is 1.55 bits per heavy atom. The van der Waals surface area contributed by atoms with E-state index in [-0.39, 0.29) is 36.7 Å². The topological polar surface area (TPSA) is 146 Å². The maximum atomic E-state index is 14.0. The average Bonchev–Trinajstić information content (AvgIpc) is 3.27. The number of hydrogen-bond donors (Lipinski definition) is 3. The molecule has 0 unspecified atom stereocenters. The number of aliphatic carboxylic acids is 1. The molecule has 1 atom stereocenters. The molecule has 0 spiro atoms. The standard InChI is InChI=1S/C35H45BrN6O7/c36-28-21-24(5-6-30(28)43)22-31(33(46)40-12-8-26(9-13-40)39-19-17-38(18-20-39)23-32(44)45)49-35(48)41-14-10-27(11-15-41)42-16-7-25-3-1-2-4-29(25)37-34(42)47/h1-6,21,26-27,31,43H,7-20,22-23H2,(H,37,47)(H,44,45)/t31-/m1/s1. The van der Waals surface area contributed by atoms with Crippen LogP contribution in [-0.4, -0.2) is 142 Å². The zero-order chi connectivity index (χ0) is 34.5. The van der Waals surface area contributed by atoms with Crippen molar-refractivity contribution in [1.82, 2.24) is 24.5 Å². The largest absolute Gasteiger partial charge is 0.507 e. The van der Waals surface area contributed by atoms with E-state index in [0.29, 0.717) is 69.2 Å². The number of likely N-dealkylation sites (tertiary alicyclic amines) is 2. The lowest BCUT2D eigenvalue weighted by atomic mass is 10.0. The molecule has 4 amide bonds. The second-order valence-electron chi connectivity index (χ2n) is 13.4. The van der Waals surface area contributed by atoms with E-state index in [9.17, 15) is 24.3 Å². The number of aromatic hydroxyl groups is 1. The first kappa shape index (κ1) is 35.0. The molecule has 0 bridgehead atoms. The van der Waals surface area contributed by atoms with E-state index < -0.39 is 18.2 Å². The summed E-state index contributed by atoms with van der Waals surface area (Å²) in [6, 6.07) is 13.0. The molecule has 264 valence electrons. The highest BCUT2D eigenvalue weighted by atomic mass is 79.9. The van der Waals surface area contributed by atoms with E-state index in [1.807, 2.05) is 34.1 Å². The summed E-state index contributed by atoms with van der Waals surface area (Å²) in [5.74, 6) is -0.967. The van der Waals surface area contributed by atoms with Crippen LogP contribution in [0.1, 0.15) is 36.8 Å². The SMILES string of the molecule is O=C(O)CN1CCN(C2CCN(C(=O)[C@@H](Cc3ccc(O)c(Br)c3)OC(=O)N3CCC(N4CCc5ccccc5NC4=O)CC3)CC2)CC1. The zero-order valence-electron chi connectivity index (χ0n) is 27.6. The Morgan fingerprint density at radius 1 is 0.878 bits per heavy atom. The smallest absolute Gasteiger partial charge is 0.410 e. The van der Waals surface area contributed by atoms with Gasteiger partial charge in [0.15, 0.2) is 6.10 Å². The Morgan fingerprint density at radius 3 is 2.24 bits per heavy atom. The Balaban J connectivity index is 1.05. The van der Waals surface area contributed by atoms with Gasteiger partial charge >= 0.3 is 18.1 Å². The van der Waals surface area contributed by atoms with Crippen molar-refractivity contribution < 1.29 is 34.1 Å². The first-order valence-electron chi connectivity index (χ1n) is 17.2. The molecule has 0 aliphatic carbocycles. The highest BCUT2D eigenvalue weighted by molar-refractivity contribution is 9.10. The number of phenolic OH excluding ortho intramolecular Hbond substituents is 1. The number of piperidine rings is 2. The summed E-state index contributed by atoms with van der Waals surface area (Å²) in [5, 5.41) is 22.1. The van der Waals surface area contributed by atoms with Gasteiger partial charge in [-0.15, -0.1) is 0 Å². The van der Waals surface area contributed by atoms with Gasteiger partial charge in [0.1, 0.15) is 5.75 Å². The van der Waals surface area contributed by atoms with Gasteiger partial charge in [0.05, 0.1) is 11.0 Å². The molecule has 49 heavy (non-hydrogen) atoms. The minimum absolute atomic E-state index is 0.00780. The molecule has 3 saturated heterocycles. The molecule has 0 saturated carbocycles. The molecule has 4 heterocycles. The quantitative estimate of drug-likeness (QED) is 0.371. The predicted molar refractivity (Wildman–Crippen MR) is 185 cm³/mol. The van der Waals surface area contributed by atoms with E-state index in [0.717, 1.165) is 49.2 Å². The fourth-order valence-corrected chi connectivity index (χ4v) is 7.92. The normalized spacial score (nSPS) is 20.7. The number of benzene rings is 2. The molecular formula is C35H45BrN6O7. The summed E-state index contributed by atoms with van der Waals surface area (Å²) in [6.07, 6.45) is 2.15. The number of carboxylic acid groups (broad SMARTS) is 1. The van der Waals surface area contributed by atoms with Crippen LogP contribution in [0, 0.1) is 0 Å². The third-order valence-corrected chi connectivity index (χ3v) is 11.0. The van der Waals surface area contributed by atoms with Crippen LogP contribution in [-0.2, 0) is 27.2 Å². The van der Waals surface area contributed by atoms with Crippen LogP contribution in [0.4, 0.5) is 15.3 Å². The van der Waals surface area contributed by atoms with Crippen LogP contribution in [0.3, 0.4) is 0 Å². The molecule has 2 aromatic carbocycles. The highest BCUT2D eigenvalue weighted by Crippen LogP contribution is 2.28. The summed E-state index contributed by atoms with van der Waals surface area (Å²) in [5.41, 5.74) is 2.69. The number of piperazine rings is 1. The van der Waals surface area contributed by atoms with Gasteiger partial charge in [-0.25, -0.2) is 9.59 Å². The fraction of sp³-hybridized carbons (Fsp3) is 0.543. The number of fused-ring (bicyclic) bond motifs is 1. The van der Waals surface area contributed by atoms with E-state index in [1.165, 1.54) is 0 Å². The minimum Gasteiger partial charge on any atom is -0.507 e. The van der Waals surface area contributed by atoms with Gasteiger partial charge in [-0.1, -0.05) is 24.3 Å². The highest BCUT2D eigenvalue weighted by Gasteiger charge is 2.36. The van der Waals surface area contributed by atoms with Gasteiger partial charge in [-0.05, 0) is 77.4 Å². The number of anilines is 1. The van der Waals surface area contributed by atoms with Gasteiger partial charge < -0.3 is 35.0 Å². The lowest BCUT2D eigenvalue weighted by Crippen LogP contribution is -2.55. The first-order chi connectivity index (χ1) is 23.6. The minimum atomic E-state index is -1.03. The van der Waals surface area contributed by atoms with Gasteiger partial charge in [-0.3, -0.25) is 19.4 Å². The molecule has 3 fully saturated rings. The molecule has 0 aromatic heterocycles. The molecule has 14 heteroatoms. The molecular weight excluding hydrogens is 696 g/mol. The van der Waals surface area contributed by atoms with Crippen LogP contribution < -0.4 is 5.32 Å². The molecule has 13 nitrogen and oxygen atoms in total. The van der Waals surface area contributed by atoms with Gasteiger partial charge in [0.25, 0.3) is 5.91 Å². The maximum absolute atomic E-state index is 14.0. The number of phenols is 1. The van der Waals surface area contributed by atoms with E-state index >= 15 is 0 Å². The third-order valence-electron chi connectivity index (χ3n) is 10.3. The fourth-order valence-electron chi connectivity index (χ4n) is 7.50. The number of carbonyl (C=O) groups is 4. The molecule has 6 rings (SSSR count). The monoisotopic (exact) mass is 740 g/mol. The molecule has 4 aliphatic heterocycles.